The van der Waals surface area contributed by atoms with Gasteiger partial charge in [-0.05, 0) is 36.1 Å². The Morgan fingerprint density at radius 2 is 1.94 bits per heavy atom. The lowest BCUT2D eigenvalue weighted by atomic mass is 10.2. The molecule has 0 spiro atoms. The van der Waals surface area contributed by atoms with Crippen LogP contribution in [0.2, 0.25) is 0 Å². The highest BCUT2D eigenvalue weighted by Gasteiger charge is 2.38. The topological polar surface area (TPSA) is 63.9 Å². The Balaban J connectivity index is 1.67. The summed E-state index contributed by atoms with van der Waals surface area (Å²) >= 11 is 0. The molecule has 2 saturated carbocycles. The first-order valence-electron chi connectivity index (χ1n) is 6.36. The lowest BCUT2D eigenvalue weighted by Crippen LogP contribution is -2.42. The van der Waals surface area contributed by atoms with Crippen molar-refractivity contribution in [3.8, 4) is 0 Å². The van der Waals surface area contributed by atoms with Crippen LogP contribution in [0.3, 0.4) is 0 Å². The summed E-state index contributed by atoms with van der Waals surface area (Å²) < 4.78 is 1.51. The van der Waals surface area contributed by atoms with E-state index in [0.717, 1.165) is 25.7 Å². The molecule has 92 valence electrons. The van der Waals surface area contributed by atoms with Crippen molar-refractivity contribution in [2.75, 3.05) is 0 Å². The molecule has 0 aliphatic heterocycles. The van der Waals surface area contributed by atoms with E-state index in [1.807, 2.05) is 0 Å². The highest BCUT2D eigenvalue weighted by atomic mass is 16.2. The summed E-state index contributed by atoms with van der Waals surface area (Å²) in [4.78, 5) is 14.4. The molecular formula is C11H17N5O. The van der Waals surface area contributed by atoms with E-state index in [2.05, 4.69) is 20.4 Å². The van der Waals surface area contributed by atoms with Gasteiger partial charge in [0.1, 0.15) is 12.9 Å². The average Bonchev–Trinajstić information content (AvgIpc) is 2.82. The molecule has 2 fully saturated rings. The Bertz CT molecular complexity index is 381. The fraction of sp³-hybridized carbons (Fsp3) is 0.818. The molecule has 0 bridgehead atoms. The number of hydrogen-bond donors (Lipinski definition) is 0. The van der Waals surface area contributed by atoms with E-state index in [-0.39, 0.29) is 12.5 Å². The minimum Gasteiger partial charge on any atom is -0.335 e. The zero-order chi connectivity index (χ0) is 11.7. The summed E-state index contributed by atoms with van der Waals surface area (Å²) in [5, 5.41) is 10.9. The molecule has 6 heteroatoms. The first kappa shape index (κ1) is 10.7. The molecule has 1 heterocycles. The Hall–Kier alpha value is -1.46. The van der Waals surface area contributed by atoms with Crippen molar-refractivity contribution < 1.29 is 4.79 Å². The van der Waals surface area contributed by atoms with Gasteiger partial charge in [-0.25, -0.2) is 4.68 Å². The standard InChI is InChI=1S/C11H17N5O/c17-11(7-15-8-12-13-14-15)16(10-5-6-10)9-3-1-2-4-9/h8-10H,1-7H2. The third kappa shape index (κ3) is 2.30. The fourth-order valence-electron chi connectivity index (χ4n) is 2.71. The molecule has 1 amide bonds. The molecule has 2 aliphatic carbocycles. The molecule has 0 aromatic carbocycles. The van der Waals surface area contributed by atoms with Gasteiger partial charge >= 0.3 is 0 Å². The minimum absolute atomic E-state index is 0.173. The quantitative estimate of drug-likeness (QED) is 0.767. The largest absolute Gasteiger partial charge is 0.335 e. The summed E-state index contributed by atoms with van der Waals surface area (Å²) in [6.07, 6.45) is 8.67. The third-order valence-electron chi connectivity index (χ3n) is 3.64. The Morgan fingerprint density at radius 3 is 2.53 bits per heavy atom. The number of carbonyl (C=O) groups is 1. The maximum absolute atomic E-state index is 12.3. The van der Waals surface area contributed by atoms with E-state index in [1.165, 1.54) is 23.9 Å². The van der Waals surface area contributed by atoms with Crippen molar-refractivity contribution in [1.82, 2.24) is 25.1 Å². The van der Waals surface area contributed by atoms with Crippen molar-refractivity contribution in [2.24, 2.45) is 0 Å². The molecule has 0 unspecified atom stereocenters. The minimum atomic E-state index is 0.173. The highest BCUT2D eigenvalue weighted by Crippen LogP contribution is 2.34. The summed E-state index contributed by atoms with van der Waals surface area (Å²) in [5.74, 6) is 0.173. The highest BCUT2D eigenvalue weighted by molar-refractivity contribution is 5.77. The predicted octanol–water partition coefficient (Wildman–Crippen LogP) is 0.607. The van der Waals surface area contributed by atoms with E-state index in [4.69, 9.17) is 0 Å². The zero-order valence-corrected chi connectivity index (χ0v) is 9.83. The number of rotatable bonds is 4. The van der Waals surface area contributed by atoms with Crippen molar-refractivity contribution in [3.63, 3.8) is 0 Å². The van der Waals surface area contributed by atoms with Gasteiger partial charge in [0.2, 0.25) is 5.91 Å². The van der Waals surface area contributed by atoms with Crippen molar-refractivity contribution >= 4 is 5.91 Å². The summed E-state index contributed by atoms with van der Waals surface area (Å²) in [6, 6.07) is 0.952. The number of hydrogen-bond acceptors (Lipinski definition) is 4. The molecule has 6 nitrogen and oxygen atoms in total. The van der Waals surface area contributed by atoms with Crippen molar-refractivity contribution in [2.45, 2.75) is 57.2 Å². The molecule has 0 saturated heterocycles. The molecule has 0 radical (unpaired) electrons. The maximum atomic E-state index is 12.3. The second-order valence-corrected chi connectivity index (χ2v) is 4.98. The van der Waals surface area contributed by atoms with Gasteiger partial charge in [-0.2, -0.15) is 0 Å². The molecule has 17 heavy (non-hydrogen) atoms. The second-order valence-electron chi connectivity index (χ2n) is 4.98. The van der Waals surface area contributed by atoms with Crippen LogP contribution in [0.4, 0.5) is 0 Å². The van der Waals surface area contributed by atoms with Crippen LogP contribution >= 0.6 is 0 Å². The number of tetrazole rings is 1. The normalized spacial score (nSPS) is 20.7. The summed E-state index contributed by atoms with van der Waals surface area (Å²) in [5.41, 5.74) is 0. The van der Waals surface area contributed by atoms with E-state index in [0.29, 0.717) is 12.1 Å². The number of amides is 1. The van der Waals surface area contributed by atoms with Gasteiger partial charge < -0.3 is 4.90 Å². The summed E-state index contributed by atoms with van der Waals surface area (Å²) in [6.45, 7) is 0.278. The molecule has 3 rings (SSSR count). The lowest BCUT2D eigenvalue weighted by molar-refractivity contribution is -0.135. The third-order valence-corrected chi connectivity index (χ3v) is 3.64. The summed E-state index contributed by atoms with van der Waals surface area (Å²) in [7, 11) is 0. The maximum Gasteiger partial charge on any atom is 0.244 e. The van der Waals surface area contributed by atoms with Gasteiger partial charge in [0, 0.05) is 12.1 Å². The number of carbonyl (C=O) groups excluding carboxylic acids is 1. The number of aromatic nitrogens is 4. The molecule has 2 aliphatic rings. The first-order chi connectivity index (χ1) is 8.34. The monoisotopic (exact) mass is 235 g/mol. The lowest BCUT2D eigenvalue weighted by Gasteiger charge is -2.28. The molecular weight excluding hydrogens is 218 g/mol. The van der Waals surface area contributed by atoms with Crippen LogP contribution < -0.4 is 0 Å². The van der Waals surface area contributed by atoms with Crippen LogP contribution in [-0.4, -0.2) is 43.1 Å². The van der Waals surface area contributed by atoms with E-state index in [1.54, 1.807) is 0 Å². The Morgan fingerprint density at radius 1 is 1.24 bits per heavy atom. The van der Waals surface area contributed by atoms with Gasteiger partial charge in [-0.3, -0.25) is 4.79 Å². The smallest absolute Gasteiger partial charge is 0.244 e. The second kappa shape index (κ2) is 4.43. The van der Waals surface area contributed by atoms with Gasteiger partial charge in [0.25, 0.3) is 0 Å². The van der Waals surface area contributed by atoms with Crippen LogP contribution in [0, 0.1) is 0 Å². The average molecular weight is 235 g/mol. The first-order valence-corrected chi connectivity index (χ1v) is 6.36. The van der Waals surface area contributed by atoms with E-state index < -0.39 is 0 Å². The van der Waals surface area contributed by atoms with Crippen LogP contribution in [0.5, 0.6) is 0 Å². The van der Waals surface area contributed by atoms with Crippen LogP contribution in [0.25, 0.3) is 0 Å². The zero-order valence-electron chi connectivity index (χ0n) is 9.83. The van der Waals surface area contributed by atoms with E-state index >= 15 is 0 Å². The molecule has 1 aromatic rings. The van der Waals surface area contributed by atoms with Crippen molar-refractivity contribution in [3.05, 3.63) is 6.33 Å². The van der Waals surface area contributed by atoms with E-state index in [9.17, 15) is 4.79 Å². The number of nitrogens with zero attached hydrogens (tertiary/aromatic N) is 5. The van der Waals surface area contributed by atoms with Gasteiger partial charge in [0.05, 0.1) is 0 Å². The van der Waals surface area contributed by atoms with Crippen LogP contribution in [-0.2, 0) is 11.3 Å². The Kier molecular flexibility index (Phi) is 2.78. The Labute approximate surface area is 100.0 Å². The van der Waals surface area contributed by atoms with Crippen molar-refractivity contribution in [1.29, 1.82) is 0 Å². The fourth-order valence-corrected chi connectivity index (χ4v) is 2.71. The van der Waals surface area contributed by atoms with Gasteiger partial charge in [0.15, 0.2) is 0 Å². The molecule has 0 atom stereocenters. The SMILES string of the molecule is O=C(Cn1cnnn1)N(C1CCCC1)C1CC1. The van der Waals surface area contributed by atoms with Gasteiger partial charge in [-0.15, -0.1) is 5.10 Å². The van der Waals surface area contributed by atoms with Crippen LogP contribution in [0.15, 0.2) is 6.33 Å². The van der Waals surface area contributed by atoms with Crippen LogP contribution in [0.1, 0.15) is 38.5 Å². The van der Waals surface area contributed by atoms with Gasteiger partial charge in [-0.1, -0.05) is 12.8 Å². The molecule has 0 N–H and O–H groups in total. The predicted molar refractivity (Wildman–Crippen MR) is 59.9 cm³/mol. The molecule has 1 aromatic heterocycles.